The van der Waals surface area contributed by atoms with Gasteiger partial charge in [-0.15, -0.1) is 10.2 Å². The standard InChI is InChI=1S/C23H26N4O2S/c1-2-3-11-20-25-26-23(30-20)24-21(28)17-12-14-27(15-13-17)22(29)19-10-6-8-16-7-4-5-9-18(16)19/h4-10,17H,2-3,11-15H2,1H3,(H,24,26,28). The lowest BCUT2D eigenvalue weighted by atomic mass is 9.95. The maximum absolute atomic E-state index is 13.1. The number of carbonyl (C=O) groups is 2. The highest BCUT2D eigenvalue weighted by Crippen LogP contribution is 2.25. The summed E-state index contributed by atoms with van der Waals surface area (Å²) in [5.74, 6) is -0.0923. The number of hydrogen-bond acceptors (Lipinski definition) is 5. The molecule has 0 aliphatic carbocycles. The van der Waals surface area contributed by atoms with Gasteiger partial charge in [0.25, 0.3) is 5.91 Å². The number of nitrogens with one attached hydrogen (secondary N) is 1. The van der Waals surface area contributed by atoms with Gasteiger partial charge in [-0.1, -0.05) is 61.1 Å². The number of fused-ring (bicyclic) bond motifs is 1. The summed E-state index contributed by atoms with van der Waals surface area (Å²) in [5, 5.41) is 14.7. The van der Waals surface area contributed by atoms with Crippen LogP contribution in [-0.4, -0.2) is 40.0 Å². The molecule has 0 unspecified atom stereocenters. The van der Waals surface area contributed by atoms with Crippen LogP contribution in [0, 0.1) is 5.92 Å². The maximum Gasteiger partial charge on any atom is 0.254 e. The molecule has 2 heterocycles. The summed E-state index contributed by atoms with van der Waals surface area (Å²) < 4.78 is 0. The highest BCUT2D eigenvalue weighted by molar-refractivity contribution is 7.15. The summed E-state index contributed by atoms with van der Waals surface area (Å²) in [6, 6.07) is 13.8. The first kappa shape index (κ1) is 20.5. The molecule has 1 aromatic heterocycles. The normalized spacial score (nSPS) is 14.8. The smallest absolute Gasteiger partial charge is 0.254 e. The van der Waals surface area contributed by atoms with Crippen LogP contribution in [0.25, 0.3) is 10.8 Å². The Morgan fingerprint density at radius 2 is 1.87 bits per heavy atom. The molecular weight excluding hydrogens is 396 g/mol. The van der Waals surface area contributed by atoms with Crippen molar-refractivity contribution in [1.29, 1.82) is 0 Å². The predicted molar refractivity (Wildman–Crippen MR) is 120 cm³/mol. The van der Waals surface area contributed by atoms with E-state index in [1.165, 1.54) is 11.3 Å². The highest BCUT2D eigenvalue weighted by Gasteiger charge is 2.29. The number of likely N-dealkylation sites (tertiary alicyclic amines) is 1. The van der Waals surface area contributed by atoms with Gasteiger partial charge in [0.1, 0.15) is 5.01 Å². The number of aromatic nitrogens is 2. The Hall–Kier alpha value is -2.80. The van der Waals surface area contributed by atoms with E-state index in [0.29, 0.717) is 31.1 Å². The third-order valence-corrected chi connectivity index (χ3v) is 6.51. The van der Waals surface area contributed by atoms with Crippen LogP contribution in [0.5, 0.6) is 0 Å². The van der Waals surface area contributed by atoms with E-state index in [0.717, 1.165) is 40.6 Å². The zero-order chi connectivity index (χ0) is 20.9. The maximum atomic E-state index is 13.1. The minimum Gasteiger partial charge on any atom is -0.339 e. The van der Waals surface area contributed by atoms with Gasteiger partial charge >= 0.3 is 0 Å². The Morgan fingerprint density at radius 3 is 2.67 bits per heavy atom. The summed E-state index contributed by atoms with van der Waals surface area (Å²) in [4.78, 5) is 27.6. The molecule has 0 radical (unpaired) electrons. The summed E-state index contributed by atoms with van der Waals surface area (Å²) in [5.41, 5.74) is 0.726. The van der Waals surface area contributed by atoms with Crippen LogP contribution in [0.3, 0.4) is 0 Å². The van der Waals surface area contributed by atoms with Gasteiger partial charge < -0.3 is 10.2 Å². The molecule has 1 aliphatic heterocycles. The van der Waals surface area contributed by atoms with Crippen LogP contribution in [0.2, 0.25) is 0 Å². The molecule has 4 rings (SSSR count). The lowest BCUT2D eigenvalue weighted by Crippen LogP contribution is -2.41. The minimum atomic E-state index is -0.107. The van der Waals surface area contributed by atoms with Crippen LogP contribution in [0.15, 0.2) is 42.5 Å². The number of aryl methyl sites for hydroxylation is 1. The van der Waals surface area contributed by atoms with Gasteiger partial charge in [0.2, 0.25) is 11.0 Å². The van der Waals surface area contributed by atoms with Crippen LogP contribution >= 0.6 is 11.3 Å². The summed E-state index contributed by atoms with van der Waals surface area (Å²) in [6.45, 7) is 3.30. The molecule has 0 spiro atoms. The van der Waals surface area contributed by atoms with Gasteiger partial charge in [0.05, 0.1) is 0 Å². The molecule has 1 fully saturated rings. The van der Waals surface area contributed by atoms with E-state index in [-0.39, 0.29) is 17.7 Å². The van der Waals surface area contributed by atoms with Crippen molar-refractivity contribution >= 4 is 39.1 Å². The second-order valence-corrected chi connectivity index (χ2v) is 8.75. The molecule has 3 aromatic rings. The number of rotatable bonds is 6. The van der Waals surface area contributed by atoms with Gasteiger partial charge in [-0.3, -0.25) is 9.59 Å². The van der Waals surface area contributed by atoms with Crippen LogP contribution in [0.1, 0.15) is 48.0 Å². The Balaban J connectivity index is 1.34. The monoisotopic (exact) mass is 422 g/mol. The molecule has 2 aromatic carbocycles. The van der Waals surface area contributed by atoms with Gasteiger partial charge in [0, 0.05) is 31.0 Å². The quantitative estimate of drug-likeness (QED) is 0.633. The van der Waals surface area contributed by atoms with E-state index in [4.69, 9.17) is 0 Å². The van der Waals surface area contributed by atoms with Crippen molar-refractivity contribution in [3.8, 4) is 0 Å². The lowest BCUT2D eigenvalue weighted by molar-refractivity contribution is -0.121. The fourth-order valence-electron chi connectivity index (χ4n) is 3.87. The first-order valence-electron chi connectivity index (χ1n) is 10.6. The average molecular weight is 423 g/mol. The van der Waals surface area contributed by atoms with Crippen molar-refractivity contribution in [2.24, 2.45) is 5.92 Å². The number of nitrogens with zero attached hydrogens (tertiary/aromatic N) is 3. The van der Waals surface area contributed by atoms with Crippen molar-refractivity contribution in [3.63, 3.8) is 0 Å². The number of carbonyl (C=O) groups excluding carboxylic acids is 2. The largest absolute Gasteiger partial charge is 0.339 e. The summed E-state index contributed by atoms with van der Waals surface area (Å²) >= 11 is 1.45. The summed E-state index contributed by atoms with van der Waals surface area (Å²) in [6.07, 6.45) is 4.40. The number of hydrogen-bond donors (Lipinski definition) is 1. The number of piperidine rings is 1. The van der Waals surface area contributed by atoms with E-state index >= 15 is 0 Å². The number of amides is 2. The second kappa shape index (κ2) is 9.34. The fourth-order valence-corrected chi connectivity index (χ4v) is 4.65. The molecule has 1 saturated heterocycles. The Bertz CT molecular complexity index is 1040. The molecule has 156 valence electrons. The number of benzene rings is 2. The van der Waals surface area contributed by atoms with Crippen LogP contribution in [0.4, 0.5) is 5.13 Å². The SMILES string of the molecule is CCCCc1nnc(NC(=O)C2CCN(C(=O)c3cccc4ccccc34)CC2)s1. The Labute approximate surface area is 180 Å². The molecule has 1 N–H and O–H groups in total. The average Bonchev–Trinajstić information content (AvgIpc) is 3.24. The van der Waals surface area contributed by atoms with Crippen LogP contribution in [-0.2, 0) is 11.2 Å². The lowest BCUT2D eigenvalue weighted by Gasteiger charge is -2.31. The van der Waals surface area contributed by atoms with Crippen molar-refractivity contribution < 1.29 is 9.59 Å². The zero-order valence-corrected chi connectivity index (χ0v) is 18.0. The van der Waals surface area contributed by atoms with Gasteiger partial charge in [-0.2, -0.15) is 0 Å². The Kier molecular flexibility index (Phi) is 6.38. The molecule has 30 heavy (non-hydrogen) atoms. The highest BCUT2D eigenvalue weighted by atomic mass is 32.1. The summed E-state index contributed by atoms with van der Waals surface area (Å²) in [7, 11) is 0. The molecule has 2 amide bonds. The van der Waals surface area contributed by atoms with Crippen molar-refractivity contribution in [2.45, 2.75) is 39.0 Å². The zero-order valence-electron chi connectivity index (χ0n) is 17.1. The molecule has 1 aliphatic rings. The van der Waals surface area contributed by atoms with E-state index in [2.05, 4.69) is 22.4 Å². The molecule has 0 saturated carbocycles. The van der Waals surface area contributed by atoms with E-state index in [9.17, 15) is 9.59 Å². The topological polar surface area (TPSA) is 75.2 Å². The number of unbranched alkanes of at least 4 members (excludes halogenated alkanes) is 1. The van der Waals surface area contributed by atoms with Gasteiger partial charge in [-0.25, -0.2) is 0 Å². The third-order valence-electron chi connectivity index (χ3n) is 5.61. The minimum absolute atomic E-state index is 0.0227. The molecule has 7 heteroatoms. The Morgan fingerprint density at radius 1 is 1.10 bits per heavy atom. The molecule has 0 bridgehead atoms. The van der Waals surface area contributed by atoms with Gasteiger partial charge in [-0.05, 0) is 36.1 Å². The first-order chi connectivity index (χ1) is 14.7. The second-order valence-electron chi connectivity index (χ2n) is 7.69. The van der Waals surface area contributed by atoms with Crippen LogP contribution < -0.4 is 5.32 Å². The van der Waals surface area contributed by atoms with Crippen molar-refractivity contribution in [3.05, 3.63) is 53.0 Å². The van der Waals surface area contributed by atoms with Crippen molar-refractivity contribution in [2.75, 3.05) is 18.4 Å². The first-order valence-corrected chi connectivity index (χ1v) is 11.4. The van der Waals surface area contributed by atoms with E-state index in [1.54, 1.807) is 0 Å². The molecule has 6 nitrogen and oxygen atoms in total. The third kappa shape index (κ3) is 4.51. The molecular formula is C23H26N4O2S. The van der Waals surface area contributed by atoms with E-state index < -0.39 is 0 Å². The number of anilines is 1. The van der Waals surface area contributed by atoms with Crippen molar-refractivity contribution in [1.82, 2.24) is 15.1 Å². The van der Waals surface area contributed by atoms with E-state index in [1.807, 2.05) is 47.4 Å². The molecule has 0 atom stereocenters. The fraction of sp³-hybridized carbons (Fsp3) is 0.391. The van der Waals surface area contributed by atoms with Gasteiger partial charge in [0.15, 0.2) is 0 Å². The predicted octanol–water partition coefficient (Wildman–Crippen LogP) is 4.52.